The monoisotopic (exact) mass is 157 g/mol. The molecular formula is C8H15NO2. The molecule has 0 fully saturated rings. The van der Waals surface area contributed by atoms with Crippen LogP contribution >= 0.6 is 0 Å². The molecule has 0 saturated heterocycles. The van der Waals surface area contributed by atoms with Crippen LogP contribution in [0.5, 0.6) is 0 Å². The molecule has 0 bridgehead atoms. The number of carbonyl (C=O) groups excluding carboxylic acids is 1. The molecule has 0 atom stereocenters. The summed E-state index contributed by atoms with van der Waals surface area (Å²) in [5.74, 6) is -0.329. The summed E-state index contributed by atoms with van der Waals surface area (Å²) in [6.45, 7) is 7.02. The highest BCUT2D eigenvalue weighted by Crippen LogP contribution is 2.07. The van der Waals surface area contributed by atoms with Crippen molar-refractivity contribution in [2.45, 2.75) is 39.7 Å². The fraction of sp³-hybridized carbons (Fsp3) is 0.750. The predicted molar refractivity (Wildman–Crippen MR) is 43.9 cm³/mol. The minimum atomic E-state index is -0.438. The SMILES string of the molecule is CC(=N)CC(=O)OC(C)(C)C. The number of esters is 1. The Bertz CT molecular complexity index is 167. The third-order valence-corrected chi connectivity index (χ3v) is 0.830. The Morgan fingerprint density at radius 3 is 2.18 bits per heavy atom. The molecule has 0 aromatic heterocycles. The van der Waals surface area contributed by atoms with E-state index >= 15 is 0 Å². The largest absolute Gasteiger partial charge is 0.460 e. The molecule has 0 aliphatic rings. The lowest BCUT2D eigenvalue weighted by molar-refractivity contribution is -0.153. The molecule has 0 heterocycles. The molecule has 11 heavy (non-hydrogen) atoms. The number of ether oxygens (including phenoxy) is 1. The van der Waals surface area contributed by atoms with Gasteiger partial charge in [-0.15, -0.1) is 0 Å². The van der Waals surface area contributed by atoms with Crippen molar-refractivity contribution in [2.75, 3.05) is 0 Å². The van der Waals surface area contributed by atoms with Gasteiger partial charge in [-0.2, -0.15) is 0 Å². The summed E-state index contributed by atoms with van der Waals surface area (Å²) in [6.07, 6.45) is 0.0945. The van der Waals surface area contributed by atoms with Gasteiger partial charge in [-0.05, 0) is 27.7 Å². The van der Waals surface area contributed by atoms with E-state index < -0.39 is 5.60 Å². The molecule has 0 aromatic carbocycles. The maximum Gasteiger partial charge on any atom is 0.312 e. The topological polar surface area (TPSA) is 50.2 Å². The van der Waals surface area contributed by atoms with Crippen LogP contribution in [0.2, 0.25) is 0 Å². The second-order valence-electron chi connectivity index (χ2n) is 3.54. The minimum absolute atomic E-state index is 0.0945. The van der Waals surface area contributed by atoms with E-state index in [1.165, 1.54) is 0 Å². The van der Waals surface area contributed by atoms with Crippen molar-refractivity contribution < 1.29 is 9.53 Å². The van der Waals surface area contributed by atoms with Gasteiger partial charge in [0.2, 0.25) is 0 Å². The van der Waals surface area contributed by atoms with Crippen molar-refractivity contribution in [3.05, 3.63) is 0 Å². The van der Waals surface area contributed by atoms with E-state index in [-0.39, 0.29) is 12.4 Å². The highest BCUT2D eigenvalue weighted by molar-refractivity contribution is 5.95. The summed E-state index contributed by atoms with van der Waals surface area (Å²) < 4.78 is 4.97. The summed E-state index contributed by atoms with van der Waals surface area (Å²) in [5.41, 5.74) is -0.105. The van der Waals surface area contributed by atoms with Crippen LogP contribution in [0.4, 0.5) is 0 Å². The van der Waals surface area contributed by atoms with Gasteiger partial charge in [0.05, 0.1) is 6.42 Å². The van der Waals surface area contributed by atoms with Crippen molar-refractivity contribution in [1.29, 1.82) is 5.41 Å². The van der Waals surface area contributed by atoms with Crippen LogP contribution in [0, 0.1) is 5.41 Å². The second kappa shape index (κ2) is 3.51. The van der Waals surface area contributed by atoms with Gasteiger partial charge in [-0.1, -0.05) is 0 Å². The first-order valence-electron chi connectivity index (χ1n) is 3.57. The molecule has 0 saturated carbocycles. The molecule has 0 radical (unpaired) electrons. The highest BCUT2D eigenvalue weighted by Gasteiger charge is 2.15. The lowest BCUT2D eigenvalue weighted by atomic mass is 10.2. The maximum atomic E-state index is 10.9. The highest BCUT2D eigenvalue weighted by atomic mass is 16.6. The van der Waals surface area contributed by atoms with Gasteiger partial charge in [0.15, 0.2) is 0 Å². The predicted octanol–water partition coefficient (Wildman–Crippen LogP) is 1.76. The van der Waals surface area contributed by atoms with E-state index in [1.54, 1.807) is 6.92 Å². The van der Waals surface area contributed by atoms with Crippen LogP contribution in [-0.2, 0) is 9.53 Å². The average molecular weight is 157 g/mol. The van der Waals surface area contributed by atoms with E-state index in [0.717, 1.165) is 0 Å². The number of hydrogen-bond donors (Lipinski definition) is 1. The number of hydrogen-bond acceptors (Lipinski definition) is 3. The van der Waals surface area contributed by atoms with Gasteiger partial charge < -0.3 is 10.1 Å². The van der Waals surface area contributed by atoms with Gasteiger partial charge in [0.25, 0.3) is 0 Å². The van der Waals surface area contributed by atoms with Crippen LogP contribution < -0.4 is 0 Å². The zero-order valence-corrected chi connectivity index (χ0v) is 7.52. The molecule has 0 amide bonds. The zero-order valence-electron chi connectivity index (χ0n) is 7.52. The van der Waals surface area contributed by atoms with Crippen LogP contribution in [0.15, 0.2) is 0 Å². The number of rotatable bonds is 2. The van der Waals surface area contributed by atoms with Crippen molar-refractivity contribution in [1.82, 2.24) is 0 Å². The lowest BCUT2D eigenvalue weighted by Crippen LogP contribution is -2.24. The zero-order chi connectivity index (χ0) is 9.07. The number of carbonyl (C=O) groups is 1. The van der Waals surface area contributed by atoms with Gasteiger partial charge in [0.1, 0.15) is 5.60 Å². The molecule has 64 valence electrons. The Kier molecular flexibility index (Phi) is 3.23. The molecule has 0 unspecified atom stereocenters. The standard InChI is InChI=1S/C8H15NO2/c1-6(9)5-7(10)11-8(2,3)4/h9H,5H2,1-4H3. The Hall–Kier alpha value is -0.860. The fourth-order valence-corrected chi connectivity index (χ4v) is 0.594. The molecule has 0 aliphatic heterocycles. The molecule has 3 heteroatoms. The van der Waals surface area contributed by atoms with Crippen molar-refractivity contribution in [3.63, 3.8) is 0 Å². The third kappa shape index (κ3) is 7.03. The van der Waals surface area contributed by atoms with Crippen LogP contribution in [0.25, 0.3) is 0 Å². The summed E-state index contributed by atoms with van der Waals surface area (Å²) in [5, 5.41) is 7.03. The Labute approximate surface area is 67.3 Å². The average Bonchev–Trinajstić information content (AvgIpc) is 1.53. The Morgan fingerprint density at radius 2 is 1.91 bits per heavy atom. The van der Waals surface area contributed by atoms with Crippen molar-refractivity contribution >= 4 is 11.7 Å². The lowest BCUT2D eigenvalue weighted by Gasteiger charge is -2.19. The van der Waals surface area contributed by atoms with E-state index in [9.17, 15) is 4.79 Å². The maximum absolute atomic E-state index is 10.9. The molecule has 0 aromatic rings. The Morgan fingerprint density at radius 1 is 1.45 bits per heavy atom. The first kappa shape index (κ1) is 10.1. The summed E-state index contributed by atoms with van der Waals surface area (Å²) in [7, 11) is 0. The van der Waals surface area contributed by atoms with E-state index in [1.807, 2.05) is 20.8 Å². The first-order valence-corrected chi connectivity index (χ1v) is 3.57. The van der Waals surface area contributed by atoms with Gasteiger partial charge in [-0.3, -0.25) is 4.79 Å². The normalized spacial score (nSPS) is 10.9. The number of nitrogens with one attached hydrogen (secondary N) is 1. The van der Waals surface area contributed by atoms with Crippen molar-refractivity contribution in [3.8, 4) is 0 Å². The summed E-state index contributed by atoms with van der Waals surface area (Å²) in [4.78, 5) is 10.9. The van der Waals surface area contributed by atoms with E-state index in [4.69, 9.17) is 10.1 Å². The molecular weight excluding hydrogens is 142 g/mol. The van der Waals surface area contributed by atoms with Gasteiger partial charge in [0, 0.05) is 5.71 Å². The van der Waals surface area contributed by atoms with Crippen LogP contribution in [0.1, 0.15) is 34.1 Å². The summed E-state index contributed by atoms with van der Waals surface area (Å²) >= 11 is 0. The third-order valence-electron chi connectivity index (χ3n) is 0.830. The molecule has 0 rings (SSSR count). The minimum Gasteiger partial charge on any atom is -0.460 e. The molecule has 1 N–H and O–H groups in total. The first-order chi connectivity index (χ1) is 4.81. The van der Waals surface area contributed by atoms with Gasteiger partial charge in [-0.25, -0.2) is 0 Å². The smallest absolute Gasteiger partial charge is 0.312 e. The Balaban J connectivity index is 3.80. The molecule has 3 nitrogen and oxygen atoms in total. The van der Waals surface area contributed by atoms with Gasteiger partial charge >= 0.3 is 5.97 Å². The van der Waals surface area contributed by atoms with Crippen LogP contribution in [0.3, 0.4) is 0 Å². The van der Waals surface area contributed by atoms with Crippen molar-refractivity contribution in [2.24, 2.45) is 0 Å². The fourth-order valence-electron chi connectivity index (χ4n) is 0.594. The summed E-state index contributed by atoms with van der Waals surface area (Å²) in [6, 6.07) is 0. The second-order valence-corrected chi connectivity index (χ2v) is 3.54. The molecule has 0 aliphatic carbocycles. The van der Waals surface area contributed by atoms with E-state index in [2.05, 4.69) is 0 Å². The van der Waals surface area contributed by atoms with Crippen LogP contribution in [-0.4, -0.2) is 17.3 Å². The quantitative estimate of drug-likeness (QED) is 0.490. The van der Waals surface area contributed by atoms with E-state index in [0.29, 0.717) is 5.71 Å². The molecule has 0 spiro atoms.